The van der Waals surface area contributed by atoms with Crippen LogP contribution in [0.25, 0.3) is 0 Å². The zero-order valence-corrected chi connectivity index (χ0v) is 9.61. The van der Waals surface area contributed by atoms with E-state index < -0.39 is 0 Å². The van der Waals surface area contributed by atoms with Crippen molar-refractivity contribution in [3.63, 3.8) is 0 Å². The zero-order valence-electron chi connectivity index (χ0n) is 9.61. The van der Waals surface area contributed by atoms with Crippen LogP contribution in [-0.4, -0.2) is 29.9 Å². The highest BCUT2D eigenvalue weighted by molar-refractivity contribution is 5.84. The Kier molecular flexibility index (Phi) is 3.15. The lowest BCUT2D eigenvalue weighted by Gasteiger charge is -2.42. The zero-order chi connectivity index (χ0) is 11.6. The third-order valence-corrected chi connectivity index (χ3v) is 3.87. The average Bonchev–Trinajstić information content (AvgIpc) is 3.02. The van der Waals surface area contributed by atoms with Crippen molar-refractivity contribution in [2.45, 2.75) is 44.6 Å². The van der Waals surface area contributed by atoms with Crippen molar-refractivity contribution >= 4 is 5.91 Å². The van der Waals surface area contributed by atoms with Crippen molar-refractivity contribution in [3.8, 4) is 6.07 Å². The summed E-state index contributed by atoms with van der Waals surface area (Å²) in [6.45, 7) is 1.04. The largest absolute Gasteiger partial charge is 0.338 e. The fraction of sp³-hybridized carbons (Fsp3) is 0.833. The number of carbonyl (C=O) groups is 1. The average molecular weight is 221 g/mol. The molecule has 0 spiro atoms. The summed E-state index contributed by atoms with van der Waals surface area (Å²) in [5.74, 6) is 0.207. The van der Waals surface area contributed by atoms with Gasteiger partial charge in [0.2, 0.25) is 5.91 Å². The van der Waals surface area contributed by atoms with Gasteiger partial charge in [0.1, 0.15) is 0 Å². The standard InChI is InChI=1S/C12H19N3O/c13-7-2-8-15(10-3-4-10)11(16)12(9-14)5-1-6-12/h10H,1-6,8-9,14H2. The number of nitrogens with zero attached hydrogens (tertiary/aromatic N) is 2. The maximum Gasteiger partial charge on any atom is 0.230 e. The normalized spacial score (nSPS) is 22.0. The highest BCUT2D eigenvalue weighted by atomic mass is 16.2. The second-order valence-corrected chi connectivity index (χ2v) is 4.98. The third kappa shape index (κ3) is 1.92. The highest BCUT2D eigenvalue weighted by Crippen LogP contribution is 2.43. The van der Waals surface area contributed by atoms with E-state index in [9.17, 15) is 4.79 Å². The van der Waals surface area contributed by atoms with Crippen LogP contribution in [0.1, 0.15) is 38.5 Å². The summed E-state index contributed by atoms with van der Waals surface area (Å²) in [5.41, 5.74) is 5.46. The van der Waals surface area contributed by atoms with Gasteiger partial charge in [-0.25, -0.2) is 0 Å². The first-order valence-electron chi connectivity index (χ1n) is 6.11. The molecule has 1 amide bonds. The minimum absolute atomic E-state index is 0.207. The monoisotopic (exact) mass is 221 g/mol. The number of rotatable bonds is 5. The van der Waals surface area contributed by atoms with Crippen molar-refractivity contribution in [1.29, 1.82) is 5.26 Å². The predicted octanol–water partition coefficient (Wildman–Crippen LogP) is 1.02. The number of nitriles is 1. The van der Waals surface area contributed by atoms with Gasteiger partial charge in [-0.15, -0.1) is 0 Å². The number of carbonyl (C=O) groups excluding carboxylic acids is 1. The lowest BCUT2D eigenvalue weighted by Crippen LogP contribution is -2.52. The molecule has 0 aromatic heterocycles. The molecule has 0 aliphatic heterocycles. The van der Waals surface area contributed by atoms with E-state index in [1.54, 1.807) is 0 Å². The fourth-order valence-corrected chi connectivity index (χ4v) is 2.42. The second kappa shape index (κ2) is 4.42. The predicted molar refractivity (Wildman–Crippen MR) is 60.3 cm³/mol. The molecular weight excluding hydrogens is 202 g/mol. The van der Waals surface area contributed by atoms with Gasteiger partial charge in [-0.2, -0.15) is 5.26 Å². The van der Waals surface area contributed by atoms with Crippen LogP contribution in [0.15, 0.2) is 0 Å². The van der Waals surface area contributed by atoms with E-state index in [1.807, 2.05) is 4.90 Å². The molecule has 0 saturated heterocycles. The minimum atomic E-state index is -0.280. The maximum atomic E-state index is 12.4. The number of nitrogens with two attached hydrogens (primary N) is 1. The molecule has 2 saturated carbocycles. The molecule has 0 unspecified atom stereocenters. The Bertz CT molecular complexity index is 307. The molecule has 0 atom stereocenters. The van der Waals surface area contributed by atoms with Gasteiger partial charge in [0, 0.05) is 19.1 Å². The maximum absolute atomic E-state index is 12.4. The van der Waals surface area contributed by atoms with Crippen LogP contribution in [0, 0.1) is 16.7 Å². The SMILES string of the molecule is N#CCCN(C(=O)C1(CN)CCC1)C1CC1. The molecule has 2 rings (SSSR count). The number of hydrogen-bond acceptors (Lipinski definition) is 3. The first-order valence-corrected chi connectivity index (χ1v) is 6.11. The van der Waals surface area contributed by atoms with Gasteiger partial charge in [-0.05, 0) is 25.7 Å². The van der Waals surface area contributed by atoms with Crippen molar-refractivity contribution < 1.29 is 4.79 Å². The Morgan fingerprint density at radius 2 is 2.19 bits per heavy atom. The molecule has 2 aliphatic carbocycles. The highest BCUT2D eigenvalue weighted by Gasteiger charge is 2.47. The molecule has 16 heavy (non-hydrogen) atoms. The quantitative estimate of drug-likeness (QED) is 0.753. The smallest absolute Gasteiger partial charge is 0.230 e. The van der Waals surface area contributed by atoms with E-state index in [4.69, 9.17) is 11.0 Å². The molecule has 0 aromatic rings. The molecular formula is C12H19N3O. The molecule has 0 heterocycles. The van der Waals surface area contributed by atoms with Crippen LogP contribution < -0.4 is 5.73 Å². The summed E-state index contributed by atoms with van der Waals surface area (Å²) in [6, 6.07) is 2.51. The van der Waals surface area contributed by atoms with Gasteiger partial charge in [0.25, 0.3) is 0 Å². The molecule has 2 fully saturated rings. The Balaban J connectivity index is 2.01. The van der Waals surface area contributed by atoms with Crippen LogP contribution in [0.2, 0.25) is 0 Å². The van der Waals surface area contributed by atoms with Gasteiger partial charge < -0.3 is 10.6 Å². The lowest BCUT2D eigenvalue weighted by molar-refractivity contribution is -0.147. The molecule has 0 bridgehead atoms. The Morgan fingerprint density at radius 3 is 2.56 bits per heavy atom. The van der Waals surface area contributed by atoms with Crippen LogP contribution >= 0.6 is 0 Å². The van der Waals surface area contributed by atoms with Crippen molar-refractivity contribution in [1.82, 2.24) is 4.90 Å². The first-order chi connectivity index (χ1) is 7.73. The van der Waals surface area contributed by atoms with Crippen LogP contribution in [0.5, 0.6) is 0 Å². The van der Waals surface area contributed by atoms with Crippen LogP contribution in [0.3, 0.4) is 0 Å². The van der Waals surface area contributed by atoms with Crippen molar-refractivity contribution in [2.75, 3.05) is 13.1 Å². The second-order valence-electron chi connectivity index (χ2n) is 4.98. The lowest BCUT2D eigenvalue weighted by atomic mass is 9.67. The van der Waals surface area contributed by atoms with Crippen molar-refractivity contribution in [2.24, 2.45) is 11.1 Å². The summed E-state index contributed by atoms with van der Waals surface area (Å²) < 4.78 is 0. The summed E-state index contributed by atoms with van der Waals surface area (Å²) >= 11 is 0. The molecule has 88 valence electrons. The van der Waals surface area contributed by atoms with Crippen LogP contribution in [-0.2, 0) is 4.79 Å². The van der Waals surface area contributed by atoms with Gasteiger partial charge in [-0.3, -0.25) is 4.79 Å². The van der Waals surface area contributed by atoms with Gasteiger partial charge >= 0.3 is 0 Å². The molecule has 2 aliphatic rings. The van der Waals surface area contributed by atoms with E-state index in [1.165, 1.54) is 0 Å². The van der Waals surface area contributed by atoms with Gasteiger partial charge in [0.05, 0.1) is 17.9 Å². The van der Waals surface area contributed by atoms with E-state index in [0.29, 0.717) is 25.6 Å². The minimum Gasteiger partial charge on any atom is -0.338 e. The van der Waals surface area contributed by atoms with E-state index >= 15 is 0 Å². The summed E-state index contributed by atoms with van der Waals surface area (Å²) in [5, 5.41) is 8.62. The molecule has 0 radical (unpaired) electrons. The van der Waals surface area contributed by atoms with Crippen LogP contribution in [0.4, 0.5) is 0 Å². The molecule has 4 nitrogen and oxygen atoms in total. The molecule has 0 aromatic carbocycles. The van der Waals surface area contributed by atoms with E-state index in [-0.39, 0.29) is 11.3 Å². The van der Waals surface area contributed by atoms with Crippen molar-refractivity contribution in [3.05, 3.63) is 0 Å². The third-order valence-electron chi connectivity index (χ3n) is 3.87. The topological polar surface area (TPSA) is 70.1 Å². The van der Waals surface area contributed by atoms with Gasteiger partial charge in [0.15, 0.2) is 0 Å². The summed E-state index contributed by atoms with van der Waals surface area (Å²) in [7, 11) is 0. The Hall–Kier alpha value is -1.08. The van der Waals surface area contributed by atoms with E-state index in [0.717, 1.165) is 32.1 Å². The fourth-order valence-electron chi connectivity index (χ4n) is 2.42. The van der Waals surface area contributed by atoms with E-state index in [2.05, 4.69) is 6.07 Å². The molecule has 4 heteroatoms. The first kappa shape index (κ1) is 11.4. The molecule has 2 N–H and O–H groups in total. The Morgan fingerprint density at radius 1 is 1.50 bits per heavy atom. The Labute approximate surface area is 96.4 Å². The van der Waals surface area contributed by atoms with Gasteiger partial charge in [-0.1, -0.05) is 6.42 Å². The number of amides is 1. The number of hydrogen-bond donors (Lipinski definition) is 1. The summed E-state index contributed by atoms with van der Waals surface area (Å²) in [4.78, 5) is 14.3. The summed E-state index contributed by atoms with van der Waals surface area (Å²) in [6.07, 6.45) is 5.59.